The number of hydrogen-bond acceptors (Lipinski definition) is 10. The maximum absolute atomic E-state index is 13.3. The van der Waals surface area contributed by atoms with E-state index in [1.54, 1.807) is 17.5 Å². The standard InChI is InChI=1S/C32H44N8O2S/c1-22(28-36-37-29(43-28)26-18-33-19-27(35-26)38-14-6-7-15-38)25-11-10-23(17-34-25)39-16-8-9-24(20-39)40(21-32(5)12-13-32)30(41)42-31(2,3)4/h10-11,17-19,22,24H,6-9,12-16,20-21H2,1-5H3/t22?,24-/m1/s1. The van der Waals surface area contributed by atoms with E-state index in [0.29, 0.717) is 0 Å². The minimum Gasteiger partial charge on any atom is -0.444 e. The van der Waals surface area contributed by atoms with Gasteiger partial charge in [0.05, 0.1) is 41.9 Å². The lowest BCUT2D eigenvalue weighted by atomic mass is 10.0. The average Bonchev–Trinajstić information content (AvgIpc) is 3.38. The van der Waals surface area contributed by atoms with Gasteiger partial charge in [0.2, 0.25) is 0 Å². The van der Waals surface area contributed by atoms with E-state index in [4.69, 9.17) is 14.7 Å². The summed E-state index contributed by atoms with van der Waals surface area (Å²) in [7, 11) is 0. The van der Waals surface area contributed by atoms with Crippen LogP contribution in [0.15, 0.2) is 30.7 Å². The molecule has 0 bridgehead atoms. The fraction of sp³-hybridized carbons (Fsp3) is 0.625. The van der Waals surface area contributed by atoms with Crippen LogP contribution in [-0.2, 0) is 4.74 Å². The van der Waals surface area contributed by atoms with Crippen molar-refractivity contribution in [3.8, 4) is 10.7 Å². The highest BCUT2D eigenvalue weighted by molar-refractivity contribution is 7.14. The van der Waals surface area contributed by atoms with Gasteiger partial charge in [0.1, 0.15) is 22.1 Å². The molecular formula is C32H44N8O2S. The summed E-state index contributed by atoms with van der Waals surface area (Å²) < 4.78 is 5.85. The number of hydrogen-bond donors (Lipinski definition) is 0. The molecular weight excluding hydrogens is 560 g/mol. The molecule has 1 saturated carbocycles. The molecule has 2 atom stereocenters. The summed E-state index contributed by atoms with van der Waals surface area (Å²) in [4.78, 5) is 34.0. The average molecular weight is 605 g/mol. The fourth-order valence-corrected chi connectivity index (χ4v) is 6.79. The van der Waals surface area contributed by atoms with Gasteiger partial charge >= 0.3 is 6.09 Å². The van der Waals surface area contributed by atoms with Gasteiger partial charge in [-0.15, -0.1) is 10.2 Å². The van der Waals surface area contributed by atoms with Gasteiger partial charge in [-0.05, 0) is 76.8 Å². The van der Waals surface area contributed by atoms with Crippen molar-refractivity contribution in [3.05, 3.63) is 41.4 Å². The monoisotopic (exact) mass is 604 g/mol. The van der Waals surface area contributed by atoms with E-state index < -0.39 is 5.60 Å². The number of carbonyl (C=O) groups excluding carboxylic acids is 1. The molecule has 43 heavy (non-hydrogen) atoms. The number of ether oxygens (including phenoxy) is 1. The van der Waals surface area contributed by atoms with E-state index in [-0.39, 0.29) is 23.5 Å². The van der Waals surface area contributed by atoms with Crippen LogP contribution >= 0.6 is 11.3 Å². The first-order chi connectivity index (χ1) is 20.6. The Bertz CT molecular complexity index is 1410. The van der Waals surface area contributed by atoms with Gasteiger partial charge in [-0.3, -0.25) is 9.97 Å². The Balaban J connectivity index is 1.12. The number of carbonyl (C=O) groups is 1. The molecule has 6 rings (SSSR count). The molecule has 1 unspecified atom stereocenters. The van der Waals surface area contributed by atoms with Crippen LogP contribution in [0.4, 0.5) is 16.3 Å². The van der Waals surface area contributed by atoms with E-state index in [0.717, 1.165) is 78.5 Å². The molecule has 0 spiro atoms. The Morgan fingerprint density at radius 1 is 1.09 bits per heavy atom. The number of anilines is 2. The largest absolute Gasteiger partial charge is 0.444 e. The normalized spacial score (nSPS) is 20.6. The Morgan fingerprint density at radius 3 is 2.56 bits per heavy atom. The van der Waals surface area contributed by atoms with Crippen molar-refractivity contribution in [3.63, 3.8) is 0 Å². The van der Waals surface area contributed by atoms with Crippen molar-refractivity contribution in [2.45, 2.75) is 90.7 Å². The van der Waals surface area contributed by atoms with Crippen LogP contribution in [-0.4, -0.2) is 80.5 Å². The van der Waals surface area contributed by atoms with Crippen LogP contribution < -0.4 is 9.80 Å². The molecule has 0 N–H and O–H groups in total. The van der Waals surface area contributed by atoms with Crippen LogP contribution in [0, 0.1) is 5.41 Å². The van der Waals surface area contributed by atoms with E-state index in [1.165, 1.54) is 25.7 Å². The van der Waals surface area contributed by atoms with Crippen LogP contribution in [0.5, 0.6) is 0 Å². The molecule has 2 aliphatic heterocycles. The fourth-order valence-electron chi connectivity index (χ4n) is 5.93. The van der Waals surface area contributed by atoms with Crippen molar-refractivity contribution in [1.82, 2.24) is 30.0 Å². The molecule has 2 saturated heterocycles. The smallest absolute Gasteiger partial charge is 0.410 e. The molecule has 3 fully saturated rings. The number of nitrogens with zero attached hydrogens (tertiary/aromatic N) is 8. The second-order valence-corrected chi connectivity index (χ2v) is 14.7. The zero-order chi connectivity index (χ0) is 30.2. The minimum atomic E-state index is -0.511. The third-order valence-electron chi connectivity index (χ3n) is 8.78. The van der Waals surface area contributed by atoms with Crippen molar-refractivity contribution in [1.29, 1.82) is 0 Å². The van der Waals surface area contributed by atoms with Gasteiger partial charge in [0, 0.05) is 32.7 Å². The predicted octanol–water partition coefficient (Wildman–Crippen LogP) is 6.15. The van der Waals surface area contributed by atoms with Crippen molar-refractivity contribution >= 4 is 28.9 Å². The van der Waals surface area contributed by atoms with E-state index in [9.17, 15) is 4.79 Å². The third-order valence-corrected chi connectivity index (χ3v) is 9.91. The Morgan fingerprint density at radius 2 is 1.86 bits per heavy atom. The number of pyridine rings is 1. The zero-order valence-electron chi connectivity index (χ0n) is 26.1. The second-order valence-electron chi connectivity index (χ2n) is 13.7. The van der Waals surface area contributed by atoms with Crippen LogP contribution in [0.2, 0.25) is 0 Å². The number of piperidine rings is 1. The first-order valence-corrected chi connectivity index (χ1v) is 16.5. The first-order valence-electron chi connectivity index (χ1n) is 15.7. The topological polar surface area (TPSA) is 100 Å². The lowest BCUT2D eigenvalue weighted by Crippen LogP contribution is -2.53. The molecule has 0 aromatic carbocycles. The molecule has 11 heteroatoms. The van der Waals surface area contributed by atoms with Gasteiger partial charge in [0.25, 0.3) is 0 Å². The van der Waals surface area contributed by atoms with Gasteiger partial charge in [-0.1, -0.05) is 25.2 Å². The van der Waals surface area contributed by atoms with Gasteiger partial charge in [-0.25, -0.2) is 9.78 Å². The highest BCUT2D eigenvalue weighted by atomic mass is 32.1. The molecule has 10 nitrogen and oxygen atoms in total. The van der Waals surface area contributed by atoms with Crippen LogP contribution in [0.1, 0.15) is 89.8 Å². The zero-order valence-corrected chi connectivity index (χ0v) is 26.9. The quantitative estimate of drug-likeness (QED) is 0.300. The molecule has 1 amide bonds. The summed E-state index contributed by atoms with van der Waals surface area (Å²) >= 11 is 1.55. The van der Waals surface area contributed by atoms with Crippen molar-refractivity contribution in [2.24, 2.45) is 5.41 Å². The molecule has 3 aromatic rings. The van der Waals surface area contributed by atoms with Gasteiger partial charge in [0.15, 0.2) is 5.01 Å². The molecule has 3 aliphatic rings. The summed E-state index contributed by atoms with van der Waals surface area (Å²) in [6, 6.07) is 4.36. The summed E-state index contributed by atoms with van der Waals surface area (Å²) in [5.41, 5.74) is 2.50. The summed E-state index contributed by atoms with van der Waals surface area (Å²) in [5, 5.41) is 10.6. The van der Waals surface area contributed by atoms with E-state index in [1.807, 2.05) is 38.1 Å². The van der Waals surface area contributed by atoms with Crippen molar-refractivity contribution < 1.29 is 9.53 Å². The summed E-state index contributed by atoms with van der Waals surface area (Å²) in [6.07, 6.45) is 12.1. The van der Waals surface area contributed by atoms with Crippen LogP contribution in [0.3, 0.4) is 0 Å². The van der Waals surface area contributed by atoms with Crippen LogP contribution in [0.25, 0.3) is 10.7 Å². The maximum atomic E-state index is 13.3. The summed E-state index contributed by atoms with van der Waals surface area (Å²) in [6.45, 7) is 14.7. The Kier molecular flexibility index (Phi) is 8.28. The number of amides is 1. The molecule has 1 aliphatic carbocycles. The lowest BCUT2D eigenvalue weighted by molar-refractivity contribution is 0.0102. The third kappa shape index (κ3) is 7.08. The Labute approximate surface area is 258 Å². The van der Waals surface area contributed by atoms with E-state index in [2.05, 4.69) is 51.0 Å². The first kappa shape index (κ1) is 29.7. The molecule has 230 valence electrons. The SMILES string of the molecule is CC(c1ccc(N2CCC[C@@H](N(CC3(C)CC3)C(=O)OC(C)(C)C)C2)cn1)c1nnc(-c2cncc(N3CCCC3)n2)s1. The highest BCUT2D eigenvalue weighted by Gasteiger charge is 2.43. The molecule has 5 heterocycles. The van der Waals surface area contributed by atoms with Gasteiger partial charge < -0.3 is 19.4 Å². The lowest BCUT2D eigenvalue weighted by Gasteiger charge is -2.41. The Hall–Kier alpha value is -3.34. The predicted molar refractivity (Wildman–Crippen MR) is 170 cm³/mol. The number of rotatable bonds is 8. The maximum Gasteiger partial charge on any atom is 0.410 e. The molecule has 0 radical (unpaired) electrons. The number of aromatic nitrogens is 5. The van der Waals surface area contributed by atoms with E-state index >= 15 is 0 Å². The summed E-state index contributed by atoms with van der Waals surface area (Å²) in [5.74, 6) is 0.916. The highest BCUT2D eigenvalue weighted by Crippen LogP contribution is 2.46. The van der Waals surface area contributed by atoms with Crippen molar-refractivity contribution in [2.75, 3.05) is 42.5 Å². The van der Waals surface area contributed by atoms with Gasteiger partial charge in [-0.2, -0.15) is 0 Å². The second kappa shape index (κ2) is 12.0. The minimum absolute atomic E-state index is 0.00562. The molecule has 3 aromatic heterocycles.